The summed E-state index contributed by atoms with van der Waals surface area (Å²) in [4.78, 5) is -1.13. The quantitative estimate of drug-likeness (QED) is 0.349. The first-order chi connectivity index (χ1) is 8.46. The molecule has 0 radical (unpaired) electrons. The van der Waals surface area contributed by atoms with Crippen molar-refractivity contribution in [3.63, 3.8) is 0 Å². The van der Waals surface area contributed by atoms with Gasteiger partial charge in [0.1, 0.15) is 29.3 Å². The largest absolute Gasteiger partial charge is 0.388 e. The van der Waals surface area contributed by atoms with Crippen LogP contribution in [0.4, 0.5) is 0 Å². The fourth-order valence-corrected chi connectivity index (χ4v) is 2.72. The van der Waals surface area contributed by atoms with Crippen LogP contribution in [-0.2, 0) is 4.74 Å². The van der Waals surface area contributed by atoms with Crippen molar-refractivity contribution in [3.8, 4) is 0 Å². The van der Waals surface area contributed by atoms with E-state index in [-0.39, 0.29) is 6.54 Å². The molecule has 1 heterocycles. The zero-order chi connectivity index (χ0) is 13.8. The molecule has 6 heteroatoms. The van der Waals surface area contributed by atoms with Crippen LogP contribution in [0.1, 0.15) is 39.0 Å². The number of ether oxygens (including phenoxy) is 1. The third-order valence-corrected chi connectivity index (χ3v) is 4.09. The molecule has 5 atom stereocenters. The van der Waals surface area contributed by atoms with Crippen LogP contribution in [-0.4, -0.2) is 51.2 Å². The summed E-state index contributed by atoms with van der Waals surface area (Å²) in [6.45, 7) is 2.20. The number of thiol groups is 1. The lowest BCUT2D eigenvalue weighted by molar-refractivity contribution is -0.233. The van der Waals surface area contributed by atoms with Gasteiger partial charge in [-0.3, -0.25) is 0 Å². The summed E-state index contributed by atoms with van der Waals surface area (Å²) >= 11 is 4.36. The summed E-state index contributed by atoms with van der Waals surface area (Å²) in [6, 6.07) is 0. The van der Waals surface area contributed by atoms with Crippen molar-refractivity contribution in [1.29, 1.82) is 0 Å². The van der Waals surface area contributed by atoms with Gasteiger partial charge in [0, 0.05) is 6.54 Å². The van der Waals surface area contributed by atoms with Crippen molar-refractivity contribution in [1.82, 2.24) is 0 Å². The third kappa shape index (κ3) is 3.59. The van der Waals surface area contributed by atoms with E-state index in [2.05, 4.69) is 19.6 Å². The zero-order valence-corrected chi connectivity index (χ0v) is 11.7. The molecule has 18 heavy (non-hydrogen) atoms. The summed E-state index contributed by atoms with van der Waals surface area (Å²) in [6.07, 6.45) is 0.317. The van der Waals surface area contributed by atoms with Crippen LogP contribution in [0, 0.1) is 0 Å². The standard InChI is InChI=1S/C12H25NO4S/c1-2-3-4-5-6-12(18)11(16)10(15)9(14)8(7-13)17-12/h8-11,14-16,18H,2-7,13H2,1H3/t8-,9+,10+,11-,12+/m1/s1. The van der Waals surface area contributed by atoms with Gasteiger partial charge in [0.05, 0.1) is 0 Å². The molecule has 0 saturated carbocycles. The van der Waals surface area contributed by atoms with Gasteiger partial charge in [-0.15, -0.1) is 12.6 Å². The molecule has 0 aromatic carbocycles. The minimum Gasteiger partial charge on any atom is -0.388 e. The Balaban J connectivity index is 2.60. The first-order valence-electron chi connectivity index (χ1n) is 6.60. The Morgan fingerprint density at radius 3 is 2.39 bits per heavy atom. The number of hydrogen-bond donors (Lipinski definition) is 5. The Bertz CT molecular complexity index is 254. The highest BCUT2D eigenvalue weighted by Gasteiger charge is 2.50. The van der Waals surface area contributed by atoms with E-state index in [4.69, 9.17) is 10.5 Å². The Kier molecular flexibility index (Phi) is 6.37. The molecular weight excluding hydrogens is 254 g/mol. The number of hydrogen-bond acceptors (Lipinski definition) is 6. The highest BCUT2D eigenvalue weighted by molar-refractivity contribution is 7.81. The Morgan fingerprint density at radius 1 is 1.17 bits per heavy atom. The predicted octanol–water partition coefficient (Wildman–Crippen LogP) is 0.0231. The van der Waals surface area contributed by atoms with Crippen LogP contribution < -0.4 is 5.73 Å². The lowest BCUT2D eigenvalue weighted by Crippen LogP contribution is -2.63. The molecule has 0 spiro atoms. The highest BCUT2D eigenvalue weighted by atomic mass is 32.1. The zero-order valence-electron chi connectivity index (χ0n) is 10.8. The molecule has 0 aliphatic carbocycles. The van der Waals surface area contributed by atoms with Crippen molar-refractivity contribution < 1.29 is 20.1 Å². The van der Waals surface area contributed by atoms with Crippen molar-refractivity contribution in [2.75, 3.05) is 6.54 Å². The molecule has 0 bridgehead atoms. The van der Waals surface area contributed by atoms with Gasteiger partial charge in [-0.25, -0.2) is 0 Å². The second-order valence-corrected chi connectivity index (χ2v) is 5.73. The molecule has 0 unspecified atom stereocenters. The number of aliphatic hydroxyl groups is 3. The van der Waals surface area contributed by atoms with Gasteiger partial charge in [-0.05, 0) is 12.8 Å². The average molecular weight is 279 g/mol. The van der Waals surface area contributed by atoms with Gasteiger partial charge in [-0.2, -0.15) is 0 Å². The van der Waals surface area contributed by atoms with Crippen LogP contribution in [0.25, 0.3) is 0 Å². The normalized spacial score (nSPS) is 41.0. The molecule has 1 aliphatic heterocycles. The third-order valence-electron chi connectivity index (χ3n) is 3.49. The Morgan fingerprint density at radius 2 is 1.83 bits per heavy atom. The number of nitrogens with two attached hydrogens (primary N) is 1. The molecule has 0 aromatic rings. The summed E-state index contributed by atoms with van der Waals surface area (Å²) in [5.74, 6) is 0. The molecule has 0 aromatic heterocycles. The second kappa shape index (κ2) is 7.07. The van der Waals surface area contributed by atoms with Crippen LogP contribution >= 0.6 is 12.6 Å². The first kappa shape index (κ1) is 16.2. The molecule has 5 nitrogen and oxygen atoms in total. The number of unbranched alkanes of at least 4 members (excludes halogenated alkanes) is 3. The van der Waals surface area contributed by atoms with Crippen molar-refractivity contribution >= 4 is 12.6 Å². The average Bonchev–Trinajstić information content (AvgIpc) is 2.37. The lowest BCUT2D eigenvalue weighted by Gasteiger charge is -2.46. The number of rotatable bonds is 6. The van der Waals surface area contributed by atoms with Gasteiger partial charge in [0.2, 0.25) is 0 Å². The SMILES string of the molecule is CCCCCC[C@@]1(S)O[C@H](CN)[C@H](O)[C@H](O)[C@H]1O. The maximum Gasteiger partial charge on any atom is 0.139 e. The fraction of sp³-hybridized carbons (Fsp3) is 1.00. The van der Waals surface area contributed by atoms with Gasteiger partial charge in [0.15, 0.2) is 0 Å². The molecular formula is C12H25NO4S. The molecule has 0 amide bonds. The van der Waals surface area contributed by atoms with Crippen LogP contribution in [0.15, 0.2) is 0 Å². The lowest BCUT2D eigenvalue weighted by atomic mass is 9.91. The van der Waals surface area contributed by atoms with Crippen molar-refractivity contribution in [3.05, 3.63) is 0 Å². The molecule has 5 N–H and O–H groups in total. The maximum absolute atomic E-state index is 9.98. The summed E-state index contributed by atoms with van der Waals surface area (Å²) in [5.41, 5.74) is 5.49. The van der Waals surface area contributed by atoms with Gasteiger partial charge in [-0.1, -0.05) is 26.2 Å². The summed E-state index contributed by atoms with van der Waals surface area (Å²) in [5, 5.41) is 29.5. The maximum atomic E-state index is 9.98. The Hall–Kier alpha value is 0.150. The Labute approximate surface area is 114 Å². The minimum atomic E-state index is -1.27. The van der Waals surface area contributed by atoms with Gasteiger partial charge in [0.25, 0.3) is 0 Å². The molecule has 1 rings (SSSR count). The van der Waals surface area contributed by atoms with Gasteiger partial charge >= 0.3 is 0 Å². The first-order valence-corrected chi connectivity index (χ1v) is 7.05. The topological polar surface area (TPSA) is 95.9 Å². The number of aliphatic hydroxyl groups excluding tert-OH is 3. The predicted molar refractivity (Wildman–Crippen MR) is 72.4 cm³/mol. The smallest absolute Gasteiger partial charge is 0.139 e. The van der Waals surface area contributed by atoms with E-state index in [1.165, 1.54) is 0 Å². The highest BCUT2D eigenvalue weighted by Crippen LogP contribution is 2.37. The van der Waals surface area contributed by atoms with E-state index >= 15 is 0 Å². The van der Waals surface area contributed by atoms with E-state index in [1.807, 2.05) is 0 Å². The van der Waals surface area contributed by atoms with E-state index in [9.17, 15) is 15.3 Å². The summed E-state index contributed by atoms with van der Waals surface area (Å²) < 4.78 is 5.58. The monoisotopic (exact) mass is 279 g/mol. The summed E-state index contributed by atoms with van der Waals surface area (Å²) in [7, 11) is 0. The van der Waals surface area contributed by atoms with Crippen molar-refractivity contribution in [2.24, 2.45) is 5.73 Å². The fourth-order valence-electron chi connectivity index (χ4n) is 2.27. The van der Waals surface area contributed by atoms with E-state index < -0.39 is 29.3 Å². The molecule has 1 fully saturated rings. The minimum absolute atomic E-state index is 0.0855. The van der Waals surface area contributed by atoms with Crippen LogP contribution in [0.3, 0.4) is 0 Å². The van der Waals surface area contributed by atoms with E-state index in [1.54, 1.807) is 0 Å². The molecule has 1 aliphatic rings. The second-order valence-electron chi connectivity index (χ2n) is 4.97. The van der Waals surface area contributed by atoms with Crippen molar-refractivity contribution in [2.45, 2.75) is 68.4 Å². The van der Waals surface area contributed by atoms with Gasteiger partial charge < -0.3 is 25.8 Å². The van der Waals surface area contributed by atoms with Crippen LogP contribution in [0.5, 0.6) is 0 Å². The van der Waals surface area contributed by atoms with E-state index in [0.717, 1.165) is 25.7 Å². The van der Waals surface area contributed by atoms with E-state index in [0.29, 0.717) is 6.42 Å². The molecule has 1 saturated heterocycles. The van der Waals surface area contributed by atoms with Crippen LogP contribution in [0.2, 0.25) is 0 Å². The molecule has 108 valence electrons.